The van der Waals surface area contributed by atoms with E-state index in [1.165, 1.54) is 29.8 Å². The Hall–Kier alpha value is -2.74. The monoisotopic (exact) mass is 533 g/mol. The third-order valence-corrected chi connectivity index (χ3v) is 7.05. The average Bonchev–Trinajstić information content (AvgIpc) is 2.88. The van der Waals surface area contributed by atoms with Gasteiger partial charge in [0.1, 0.15) is 17.1 Å². The Morgan fingerprint density at radius 1 is 0.865 bits per heavy atom. The molecule has 1 aliphatic rings. The van der Waals surface area contributed by atoms with E-state index in [2.05, 4.69) is 28.7 Å². The van der Waals surface area contributed by atoms with Crippen molar-refractivity contribution in [3.05, 3.63) is 94.5 Å². The second-order valence-electron chi connectivity index (χ2n) is 9.39. The van der Waals surface area contributed by atoms with Crippen molar-refractivity contribution in [2.45, 2.75) is 44.7 Å². The maximum atomic E-state index is 12.6. The number of aliphatic hydroxyl groups is 1. The van der Waals surface area contributed by atoms with Crippen molar-refractivity contribution in [1.29, 1.82) is 0 Å². The fraction of sp³-hybridized carbons (Fsp3) is 0.379. The van der Waals surface area contributed by atoms with Gasteiger partial charge in [0, 0.05) is 11.6 Å². The number of piperidine rings is 1. The highest BCUT2D eigenvalue weighted by atomic mass is 35.5. The molecule has 8 heteroatoms. The van der Waals surface area contributed by atoms with Crippen molar-refractivity contribution in [2.75, 3.05) is 19.7 Å². The predicted molar refractivity (Wildman–Crippen MR) is 138 cm³/mol. The summed E-state index contributed by atoms with van der Waals surface area (Å²) in [7, 11) is 0. The topological polar surface area (TPSA) is 41.9 Å². The first-order valence-corrected chi connectivity index (χ1v) is 12.8. The Labute approximate surface area is 220 Å². The quantitative estimate of drug-likeness (QED) is 0.316. The summed E-state index contributed by atoms with van der Waals surface area (Å²) in [5.41, 5.74) is 0.981. The first kappa shape index (κ1) is 27.3. The number of hydrogen-bond acceptors (Lipinski definition) is 4. The summed E-state index contributed by atoms with van der Waals surface area (Å²) in [6, 6.07) is 20.6. The van der Waals surface area contributed by atoms with Gasteiger partial charge in [0.05, 0.1) is 6.61 Å². The minimum atomic E-state index is -4.77. The van der Waals surface area contributed by atoms with E-state index in [1.54, 1.807) is 24.3 Å². The van der Waals surface area contributed by atoms with E-state index in [0.717, 1.165) is 44.6 Å². The van der Waals surface area contributed by atoms with Crippen LogP contribution in [0.5, 0.6) is 11.5 Å². The maximum absolute atomic E-state index is 12.6. The lowest BCUT2D eigenvalue weighted by Gasteiger charge is -2.42. The van der Waals surface area contributed by atoms with E-state index in [9.17, 15) is 18.3 Å². The van der Waals surface area contributed by atoms with Crippen molar-refractivity contribution >= 4 is 11.6 Å². The van der Waals surface area contributed by atoms with E-state index in [-0.39, 0.29) is 11.7 Å². The number of ether oxygens (including phenoxy) is 2. The highest BCUT2D eigenvalue weighted by Gasteiger charge is 2.42. The van der Waals surface area contributed by atoms with Gasteiger partial charge in [-0.1, -0.05) is 54.9 Å². The van der Waals surface area contributed by atoms with Crippen LogP contribution in [0.3, 0.4) is 0 Å². The molecule has 1 aliphatic heterocycles. The summed E-state index contributed by atoms with van der Waals surface area (Å²) in [6.07, 6.45) is -2.37. The van der Waals surface area contributed by atoms with Crippen LogP contribution in [-0.4, -0.2) is 36.1 Å². The molecule has 37 heavy (non-hydrogen) atoms. The zero-order chi connectivity index (χ0) is 26.5. The number of benzene rings is 3. The summed E-state index contributed by atoms with van der Waals surface area (Å²) in [4.78, 5) is 2.35. The van der Waals surface area contributed by atoms with Crippen molar-refractivity contribution in [2.24, 2.45) is 5.92 Å². The van der Waals surface area contributed by atoms with Crippen LogP contribution >= 0.6 is 11.6 Å². The molecule has 1 atom stereocenters. The number of halogens is 4. The van der Waals surface area contributed by atoms with Crippen LogP contribution in [-0.2, 0) is 12.1 Å². The summed E-state index contributed by atoms with van der Waals surface area (Å²) in [6.45, 7) is 5.13. The second kappa shape index (κ2) is 11.8. The molecule has 0 saturated carbocycles. The zero-order valence-corrected chi connectivity index (χ0v) is 21.4. The van der Waals surface area contributed by atoms with Crippen molar-refractivity contribution in [1.82, 2.24) is 4.90 Å². The van der Waals surface area contributed by atoms with Crippen molar-refractivity contribution in [3.8, 4) is 11.5 Å². The average molecular weight is 534 g/mol. The zero-order valence-electron chi connectivity index (χ0n) is 20.7. The smallest absolute Gasteiger partial charge is 0.494 e. The highest BCUT2D eigenvalue weighted by Crippen LogP contribution is 2.43. The molecule has 1 saturated heterocycles. The predicted octanol–water partition coefficient (Wildman–Crippen LogP) is 7.18. The minimum Gasteiger partial charge on any atom is -0.494 e. The maximum Gasteiger partial charge on any atom is 0.573 e. The number of nitrogens with zero attached hydrogens (tertiary/aromatic N) is 1. The van der Waals surface area contributed by atoms with E-state index in [4.69, 9.17) is 16.3 Å². The molecule has 1 heterocycles. The van der Waals surface area contributed by atoms with Gasteiger partial charge in [0.25, 0.3) is 0 Å². The molecule has 3 aromatic rings. The van der Waals surface area contributed by atoms with Gasteiger partial charge in [-0.15, -0.1) is 13.2 Å². The third-order valence-electron chi connectivity index (χ3n) is 6.79. The van der Waals surface area contributed by atoms with Gasteiger partial charge in [-0.25, -0.2) is 0 Å². The molecule has 0 aliphatic carbocycles. The van der Waals surface area contributed by atoms with Crippen LogP contribution < -0.4 is 9.47 Å². The third kappa shape index (κ3) is 6.98. The van der Waals surface area contributed by atoms with Crippen molar-refractivity contribution in [3.63, 3.8) is 0 Å². The first-order valence-electron chi connectivity index (χ1n) is 12.5. The van der Waals surface area contributed by atoms with Crippen LogP contribution in [0.2, 0.25) is 5.02 Å². The lowest BCUT2D eigenvalue weighted by atomic mass is 9.72. The molecule has 1 unspecified atom stereocenters. The molecule has 0 radical (unpaired) electrons. The minimum absolute atomic E-state index is 0.135. The van der Waals surface area contributed by atoms with Crippen LogP contribution in [0.1, 0.15) is 42.9 Å². The first-order chi connectivity index (χ1) is 17.7. The summed E-state index contributed by atoms with van der Waals surface area (Å²) < 4.78 is 47.6. The van der Waals surface area contributed by atoms with E-state index in [1.807, 2.05) is 12.1 Å². The Kier molecular flexibility index (Phi) is 8.67. The lowest BCUT2D eigenvalue weighted by Crippen LogP contribution is -2.44. The van der Waals surface area contributed by atoms with Gasteiger partial charge in [0.2, 0.25) is 0 Å². The molecule has 4 nitrogen and oxygen atoms in total. The Bertz CT molecular complexity index is 1130. The van der Waals surface area contributed by atoms with E-state index < -0.39 is 12.0 Å². The summed E-state index contributed by atoms with van der Waals surface area (Å²) in [5.74, 6) is 0.406. The second-order valence-corrected chi connectivity index (χ2v) is 9.82. The van der Waals surface area contributed by atoms with E-state index in [0.29, 0.717) is 22.8 Å². The van der Waals surface area contributed by atoms with Gasteiger partial charge in [0.15, 0.2) is 0 Å². The van der Waals surface area contributed by atoms with Gasteiger partial charge >= 0.3 is 6.36 Å². The molecule has 1 N–H and O–H groups in total. The number of rotatable bonds is 9. The molecule has 0 amide bonds. The Balaban J connectivity index is 1.49. The molecule has 0 bridgehead atoms. The molecule has 0 aromatic heterocycles. The fourth-order valence-electron chi connectivity index (χ4n) is 4.93. The fourth-order valence-corrected chi connectivity index (χ4v) is 5.06. The van der Waals surface area contributed by atoms with Crippen LogP contribution in [0.15, 0.2) is 72.8 Å². The van der Waals surface area contributed by atoms with E-state index >= 15 is 0 Å². The number of likely N-dealkylation sites (tertiary alicyclic amines) is 1. The molecule has 3 aromatic carbocycles. The summed E-state index contributed by atoms with van der Waals surface area (Å²) >= 11 is 6.09. The number of alkyl halides is 3. The van der Waals surface area contributed by atoms with Crippen LogP contribution in [0.4, 0.5) is 13.2 Å². The van der Waals surface area contributed by atoms with Gasteiger partial charge in [-0.2, -0.15) is 0 Å². The standard InChI is InChI=1S/C29H31ClF3NO3/c1-2-19-36-26-11-3-21(4-12-26)20-34-17-15-24(16-18-34)28(35,22-5-9-25(30)10-6-22)23-7-13-27(14-8-23)37-29(31,32)33/h3-14,24,35H,2,15-20H2,1H3. The molecule has 1 fully saturated rings. The summed E-state index contributed by atoms with van der Waals surface area (Å²) in [5, 5.41) is 12.7. The van der Waals surface area contributed by atoms with Crippen molar-refractivity contribution < 1.29 is 27.8 Å². The normalized spacial score (nSPS) is 16.8. The Morgan fingerprint density at radius 2 is 1.41 bits per heavy atom. The molecule has 198 valence electrons. The van der Waals surface area contributed by atoms with Gasteiger partial charge in [-0.3, -0.25) is 4.90 Å². The Morgan fingerprint density at radius 3 is 1.95 bits per heavy atom. The molecular formula is C29H31ClF3NO3. The largest absolute Gasteiger partial charge is 0.573 e. The molecule has 0 spiro atoms. The van der Waals surface area contributed by atoms with Gasteiger partial charge in [-0.05, 0) is 91.4 Å². The highest BCUT2D eigenvalue weighted by molar-refractivity contribution is 6.30. The van der Waals surface area contributed by atoms with Crippen LogP contribution in [0.25, 0.3) is 0 Å². The van der Waals surface area contributed by atoms with Gasteiger partial charge < -0.3 is 14.6 Å². The lowest BCUT2D eigenvalue weighted by molar-refractivity contribution is -0.274. The molecule has 4 rings (SSSR count). The van der Waals surface area contributed by atoms with Crippen LogP contribution in [0, 0.1) is 5.92 Å². The number of hydrogen-bond donors (Lipinski definition) is 1. The SMILES string of the molecule is CCCOc1ccc(CN2CCC(C(O)(c3ccc(Cl)cc3)c3ccc(OC(F)(F)F)cc3)CC2)cc1. The molecular weight excluding hydrogens is 503 g/mol.